The number of halogens is 3. The van der Waals surface area contributed by atoms with Gasteiger partial charge in [-0.2, -0.15) is 0 Å². The second kappa shape index (κ2) is 8.33. The summed E-state index contributed by atoms with van der Waals surface area (Å²) in [5.74, 6) is 0.803. The van der Waals surface area contributed by atoms with E-state index in [2.05, 4.69) is 16.3 Å². The molecule has 2 fully saturated rings. The third kappa shape index (κ3) is 4.82. The molecule has 0 spiro atoms. The summed E-state index contributed by atoms with van der Waals surface area (Å²) in [6, 6.07) is 6.20. The minimum absolute atomic E-state index is 0. The van der Waals surface area contributed by atoms with E-state index in [0.29, 0.717) is 6.04 Å². The monoisotopic (exact) mass is 334 g/mol. The molecular weight excluding hydrogens is 310 g/mol. The zero-order chi connectivity index (χ0) is 13.2. The number of nitrogens with zero attached hydrogens (tertiary/aromatic N) is 1. The number of hydrogen-bond acceptors (Lipinski definition) is 2. The van der Waals surface area contributed by atoms with E-state index in [0.717, 1.165) is 43.2 Å². The van der Waals surface area contributed by atoms with Crippen LogP contribution in [0, 0.1) is 18.7 Å². The number of aryl methyl sites for hydroxylation is 1. The predicted molar refractivity (Wildman–Crippen MR) is 90.2 cm³/mol. The molecule has 21 heavy (non-hydrogen) atoms. The van der Waals surface area contributed by atoms with Crippen LogP contribution in [0.1, 0.15) is 36.4 Å². The van der Waals surface area contributed by atoms with Crippen molar-refractivity contribution in [2.75, 3.05) is 26.2 Å². The highest BCUT2D eigenvalue weighted by atomic mass is 35.5. The summed E-state index contributed by atoms with van der Waals surface area (Å²) in [4.78, 5) is 2.53. The molecule has 0 aromatic heterocycles. The number of rotatable bonds is 4. The van der Waals surface area contributed by atoms with Crippen LogP contribution < -0.4 is 5.32 Å². The molecule has 120 valence electrons. The number of nitrogens with one attached hydrogen (secondary N) is 1. The topological polar surface area (TPSA) is 15.3 Å². The SMILES string of the molecule is Cc1ccc([C@@H](CC2CC2)N2CCNCC2)cc1F.Cl.Cl. The Labute approximate surface area is 139 Å². The third-order valence-electron chi connectivity index (χ3n) is 4.43. The number of hydrogen-bond donors (Lipinski definition) is 1. The quantitative estimate of drug-likeness (QED) is 0.902. The van der Waals surface area contributed by atoms with Crippen LogP contribution in [-0.2, 0) is 0 Å². The molecule has 1 aromatic rings. The molecule has 1 N–H and O–H groups in total. The van der Waals surface area contributed by atoms with Gasteiger partial charge in [0.1, 0.15) is 5.82 Å². The van der Waals surface area contributed by atoms with Crippen LogP contribution in [0.15, 0.2) is 18.2 Å². The molecular formula is C16H25Cl2FN2. The molecule has 0 bridgehead atoms. The Balaban J connectivity index is 0.00000110. The molecule has 1 aliphatic carbocycles. The molecule has 1 saturated heterocycles. The summed E-state index contributed by atoms with van der Waals surface area (Å²) in [5.41, 5.74) is 1.91. The van der Waals surface area contributed by atoms with Gasteiger partial charge in [-0.25, -0.2) is 4.39 Å². The first-order chi connectivity index (χ1) is 9.24. The Hall–Kier alpha value is -0.350. The van der Waals surface area contributed by atoms with Gasteiger partial charge in [0.25, 0.3) is 0 Å². The van der Waals surface area contributed by atoms with E-state index in [4.69, 9.17) is 0 Å². The highest BCUT2D eigenvalue weighted by Gasteiger charge is 2.30. The molecule has 0 radical (unpaired) electrons. The van der Waals surface area contributed by atoms with Gasteiger partial charge in [0.2, 0.25) is 0 Å². The minimum Gasteiger partial charge on any atom is -0.314 e. The van der Waals surface area contributed by atoms with Crippen molar-refractivity contribution in [1.29, 1.82) is 0 Å². The van der Waals surface area contributed by atoms with Gasteiger partial charge in [-0.3, -0.25) is 4.90 Å². The van der Waals surface area contributed by atoms with Crippen LogP contribution in [0.5, 0.6) is 0 Å². The molecule has 3 rings (SSSR count). The standard InChI is InChI=1S/C16H23FN2.2ClH/c1-12-2-5-14(11-15(12)17)16(10-13-3-4-13)19-8-6-18-7-9-19;;/h2,5,11,13,16,18H,3-4,6-10H2,1H3;2*1H/t16-;;/m1../s1. The average Bonchev–Trinajstić information content (AvgIpc) is 3.24. The van der Waals surface area contributed by atoms with Gasteiger partial charge in [-0.15, -0.1) is 24.8 Å². The summed E-state index contributed by atoms with van der Waals surface area (Å²) in [6.45, 7) is 6.09. The normalized spacial score (nSPS) is 20.3. The van der Waals surface area contributed by atoms with Gasteiger partial charge in [0, 0.05) is 32.2 Å². The molecule has 1 aliphatic heterocycles. The first-order valence-electron chi connectivity index (χ1n) is 7.45. The maximum atomic E-state index is 13.8. The van der Waals surface area contributed by atoms with Crippen molar-refractivity contribution in [2.24, 2.45) is 5.92 Å². The van der Waals surface area contributed by atoms with E-state index < -0.39 is 0 Å². The van der Waals surface area contributed by atoms with Gasteiger partial charge in [-0.05, 0) is 36.5 Å². The number of benzene rings is 1. The van der Waals surface area contributed by atoms with Crippen LogP contribution in [-0.4, -0.2) is 31.1 Å². The summed E-state index contributed by atoms with van der Waals surface area (Å²) in [6.07, 6.45) is 3.91. The number of piperazine rings is 1. The Morgan fingerprint density at radius 1 is 1.24 bits per heavy atom. The smallest absolute Gasteiger partial charge is 0.126 e. The van der Waals surface area contributed by atoms with E-state index in [1.54, 1.807) is 6.07 Å². The first kappa shape index (κ1) is 18.7. The first-order valence-corrected chi connectivity index (χ1v) is 7.45. The molecule has 0 amide bonds. The fourth-order valence-corrected chi connectivity index (χ4v) is 2.98. The van der Waals surface area contributed by atoms with Crippen molar-refractivity contribution in [3.8, 4) is 0 Å². The predicted octanol–water partition coefficient (Wildman–Crippen LogP) is 3.72. The average molecular weight is 335 g/mol. The lowest BCUT2D eigenvalue weighted by Gasteiger charge is -2.35. The van der Waals surface area contributed by atoms with Crippen molar-refractivity contribution in [2.45, 2.75) is 32.2 Å². The fourth-order valence-electron chi connectivity index (χ4n) is 2.98. The van der Waals surface area contributed by atoms with Crippen molar-refractivity contribution < 1.29 is 4.39 Å². The van der Waals surface area contributed by atoms with Gasteiger partial charge in [-0.1, -0.05) is 25.0 Å². The summed E-state index contributed by atoms with van der Waals surface area (Å²) >= 11 is 0. The van der Waals surface area contributed by atoms with Crippen molar-refractivity contribution in [3.63, 3.8) is 0 Å². The Morgan fingerprint density at radius 2 is 1.90 bits per heavy atom. The highest BCUT2D eigenvalue weighted by Crippen LogP contribution is 2.40. The van der Waals surface area contributed by atoms with Crippen molar-refractivity contribution in [3.05, 3.63) is 35.1 Å². The van der Waals surface area contributed by atoms with E-state index in [1.165, 1.54) is 19.3 Å². The van der Waals surface area contributed by atoms with Gasteiger partial charge < -0.3 is 5.32 Å². The Morgan fingerprint density at radius 3 is 2.48 bits per heavy atom. The van der Waals surface area contributed by atoms with E-state index in [9.17, 15) is 4.39 Å². The third-order valence-corrected chi connectivity index (χ3v) is 4.43. The summed E-state index contributed by atoms with van der Waals surface area (Å²) in [5, 5.41) is 3.39. The van der Waals surface area contributed by atoms with E-state index in [-0.39, 0.29) is 30.6 Å². The van der Waals surface area contributed by atoms with Gasteiger partial charge >= 0.3 is 0 Å². The second-order valence-corrected chi connectivity index (χ2v) is 5.99. The largest absolute Gasteiger partial charge is 0.314 e. The lowest BCUT2D eigenvalue weighted by Crippen LogP contribution is -2.45. The Kier molecular flexibility index (Phi) is 7.41. The zero-order valence-electron chi connectivity index (χ0n) is 12.5. The Bertz CT molecular complexity index is 446. The van der Waals surface area contributed by atoms with Crippen LogP contribution in [0.2, 0.25) is 0 Å². The lowest BCUT2D eigenvalue weighted by molar-refractivity contribution is 0.160. The zero-order valence-corrected chi connectivity index (χ0v) is 14.1. The second-order valence-electron chi connectivity index (χ2n) is 5.99. The van der Waals surface area contributed by atoms with Crippen molar-refractivity contribution >= 4 is 24.8 Å². The highest BCUT2D eigenvalue weighted by molar-refractivity contribution is 5.85. The van der Waals surface area contributed by atoms with Crippen LogP contribution >= 0.6 is 24.8 Å². The summed E-state index contributed by atoms with van der Waals surface area (Å²) < 4.78 is 13.8. The summed E-state index contributed by atoms with van der Waals surface area (Å²) in [7, 11) is 0. The molecule has 2 aliphatic rings. The maximum Gasteiger partial charge on any atom is 0.126 e. The molecule has 1 heterocycles. The van der Waals surface area contributed by atoms with E-state index in [1.807, 2.05) is 13.0 Å². The maximum absolute atomic E-state index is 13.8. The fraction of sp³-hybridized carbons (Fsp3) is 0.625. The van der Waals surface area contributed by atoms with Gasteiger partial charge in [0.15, 0.2) is 0 Å². The van der Waals surface area contributed by atoms with Crippen molar-refractivity contribution in [1.82, 2.24) is 10.2 Å². The van der Waals surface area contributed by atoms with E-state index >= 15 is 0 Å². The molecule has 0 unspecified atom stereocenters. The van der Waals surface area contributed by atoms with Crippen LogP contribution in [0.25, 0.3) is 0 Å². The molecule has 1 atom stereocenters. The molecule has 5 heteroatoms. The lowest BCUT2D eigenvalue weighted by atomic mass is 9.97. The van der Waals surface area contributed by atoms with Gasteiger partial charge in [0.05, 0.1) is 0 Å². The minimum atomic E-state index is -0.0616. The van der Waals surface area contributed by atoms with Crippen LogP contribution in [0.4, 0.5) is 4.39 Å². The molecule has 2 nitrogen and oxygen atoms in total. The molecule has 1 saturated carbocycles. The van der Waals surface area contributed by atoms with Crippen LogP contribution in [0.3, 0.4) is 0 Å². The molecule has 1 aromatic carbocycles.